The highest BCUT2D eigenvalue weighted by Crippen LogP contribution is 2.40. The molecule has 10 N–H and O–H groups in total. The Morgan fingerprint density at radius 2 is 1.80 bits per heavy atom. The van der Waals surface area contributed by atoms with E-state index in [1.54, 1.807) is 30.3 Å². The molecule has 0 fully saturated rings. The Balaban J connectivity index is 2.08. The van der Waals surface area contributed by atoms with Crippen molar-refractivity contribution in [1.82, 2.24) is 30.3 Å². The number of H-pyrrole nitrogens is 1. The molecule has 0 saturated carbocycles. The van der Waals surface area contributed by atoms with Crippen molar-refractivity contribution in [1.29, 1.82) is 0 Å². The normalized spacial score (nSPS) is 13.2. The Morgan fingerprint density at radius 1 is 1.03 bits per heavy atom. The molecule has 2 aromatic carbocycles. The zero-order valence-electron chi connectivity index (χ0n) is 18.1. The van der Waals surface area contributed by atoms with Crippen LogP contribution in [0.3, 0.4) is 0 Å². The van der Waals surface area contributed by atoms with Crippen molar-refractivity contribution in [3.05, 3.63) is 42.5 Å². The largest absolute Gasteiger partial charge is 0.384 e. The molecule has 2 aromatic heterocycles. The molecular weight excluding hydrogens is 496 g/mol. The Kier molecular flexibility index (Phi) is 6.50. The summed E-state index contributed by atoms with van der Waals surface area (Å²) in [5.74, 6) is 0.0398. The highest BCUT2D eigenvalue weighted by Gasteiger charge is 2.32. The van der Waals surface area contributed by atoms with E-state index in [1.807, 2.05) is 0 Å². The molecule has 0 bridgehead atoms. The molecule has 2 heterocycles. The van der Waals surface area contributed by atoms with Crippen LogP contribution < -0.4 is 27.1 Å². The molecule has 184 valence electrons. The average Bonchev–Trinajstić information content (AvgIpc) is 3.35. The van der Waals surface area contributed by atoms with Crippen LogP contribution in [0.5, 0.6) is 0 Å². The van der Waals surface area contributed by atoms with E-state index in [-0.39, 0.29) is 35.9 Å². The third kappa shape index (κ3) is 4.83. The molecule has 1 atom stereocenters. The Morgan fingerprint density at radius 3 is 2.46 bits per heavy atom. The summed E-state index contributed by atoms with van der Waals surface area (Å²) < 4.78 is 54.2. The second-order valence-electron chi connectivity index (χ2n) is 7.56. The van der Waals surface area contributed by atoms with Crippen LogP contribution in [0.2, 0.25) is 0 Å². The molecule has 14 nitrogen and oxygen atoms in total. The van der Waals surface area contributed by atoms with Crippen LogP contribution >= 0.6 is 0 Å². The third-order valence-corrected chi connectivity index (χ3v) is 7.72. The topological polar surface area (TPSA) is 252 Å². The zero-order valence-corrected chi connectivity index (χ0v) is 19.7. The van der Waals surface area contributed by atoms with Gasteiger partial charge in [0.2, 0.25) is 25.9 Å². The number of nitrogens with two attached hydrogens (primary N) is 4. The van der Waals surface area contributed by atoms with E-state index < -0.39 is 35.9 Å². The minimum absolute atomic E-state index is 0.00875. The Hall–Kier alpha value is -3.54. The fourth-order valence-corrected chi connectivity index (χ4v) is 6.22. The summed E-state index contributed by atoms with van der Waals surface area (Å²) >= 11 is 0. The maximum absolute atomic E-state index is 13.1. The molecular formula is C19H22N10O4S2. The maximum Gasteiger partial charge on any atom is 0.241 e. The molecule has 0 aliphatic rings. The standard InChI is InChI=1S/C19H22N10O4S2/c20-8-11(21)9-24-35(32,33)14-6-5-12(13-3-1-2-10-4-7-15(22)25-17(10)13)16(18(14)34(23,30)31)19-26-28-29-27-19/h1-7,11,24H,8-9,20-21H2,(H2,22,25)(H2,23,30,31)(H,26,27,28,29). The first-order valence-corrected chi connectivity index (χ1v) is 13.1. The van der Waals surface area contributed by atoms with E-state index >= 15 is 0 Å². The van der Waals surface area contributed by atoms with Crippen molar-refractivity contribution in [2.45, 2.75) is 15.8 Å². The number of aromatic nitrogens is 5. The number of primary sulfonamides is 1. The van der Waals surface area contributed by atoms with Crippen molar-refractivity contribution in [2.75, 3.05) is 18.8 Å². The van der Waals surface area contributed by atoms with E-state index in [1.165, 1.54) is 6.07 Å². The summed E-state index contributed by atoms with van der Waals surface area (Å²) in [5, 5.41) is 19.8. The predicted octanol–water partition coefficient (Wildman–Crippen LogP) is -1.12. The fourth-order valence-electron chi connectivity index (χ4n) is 3.53. The summed E-state index contributed by atoms with van der Waals surface area (Å²) in [6.45, 7) is -0.219. The van der Waals surface area contributed by atoms with Gasteiger partial charge in [-0.25, -0.2) is 31.7 Å². The number of nitrogens with zero attached hydrogens (tertiary/aromatic N) is 4. The number of fused-ring (bicyclic) bond motifs is 1. The first kappa shape index (κ1) is 24.6. The predicted molar refractivity (Wildman–Crippen MR) is 128 cm³/mol. The number of rotatable bonds is 8. The molecule has 0 radical (unpaired) electrons. The molecule has 0 amide bonds. The number of benzene rings is 2. The van der Waals surface area contributed by atoms with Crippen molar-refractivity contribution in [3.8, 4) is 22.5 Å². The number of nitrogen functional groups attached to an aromatic ring is 1. The Bertz CT molecular complexity index is 1610. The Labute approximate surface area is 200 Å². The second kappa shape index (κ2) is 9.25. The van der Waals surface area contributed by atoms with Crippen molar-refractivity contribution in [2.24, 2.45) is 16.6 Å². The minimum Gasteiger partial charge on any atom is -0.384 e. The van der Waals surface area contributed by atoms with Crippen LogP contribution in [-0.2, 0) is 20.0 Å². The molecule has 4 rings (SSSR count). The highest BCUT2D eigenvalue weighted by atomic mass is 32.2. The van der Waals surface area contributed by atoms with Gasteiger partial charge in [0, 0.05) is 30.1 Å². The van der Waals surface area contributed by atoms with Crippen molar-refractivity contribution < 1.29 is 16.8 Å². The van der Waals surface area contributed by atoms with Crippen molar-refractivity contribution in [3.63, 3.8) is 0 Å². The zero-order chi connectivity index (χ0) is 25.4. The summed E-state index contributed by atoms with van der Waals surface area (Å²) in [5.41, 5.74) is 18.0. The highest BCUT2D eigenvalue weighted by molar-refractivity contribution is 7.92. The van der Waals surface area contributed by atoms with E-state index in [2.05, 4.69) is 30.3 Å². The van der Waals surface area contributed by atoms with Gasteiger partial charge >= 0.3 is 0 Å². The lowest BCUT2D eigenvalue weighted by Crippen LogP contribution is -2.42. The minimum atomic E-state index is -4.65. The van der Waals surface area contributed by atoms with Gasteiger partial charge in [0.25, 0.3) is 0 Å². The summed E-state index contributed by atoms with van der Waals surface area (Å²) in [6.07, 6.45) is 0. The quantitative estimate of drug-likeness (QED) is 0.163. The van der Waals surface area contributed by atoms with Crippen LogP contribution in [-0.4, -0.2) is 61.6 Å². The molecule has 1 unspecified atom stereocenters. The first-order valence-electron chi connectivity index (χ1n) is 10.1. The average molecular weight is 519 g/mol. The summed E-state index contributed by atoms with van der Waals surface area (Å²) in [7, 11) is -9.06. The lowest BCUT2D eigenvalue weighted by Gasteiger charge is -2.18. The van der Waals surface area contributed by atoms with Crippen LogP contribution in [0.4, 0.5) is 5.82 Å². The molecule has 0 saturated heterocycles. The molecule has 0 aliphatic carbocycles. The van der Waals surface area contributed by atoms with Gasteiger partial charge in [-0.2, -0.15) is 5.21 Å². The summed E-state index contributed by atoms with van der Waals surface area (Å²) in [6, 6.07) is 10.4. The molecule has 0 spiro atoms. The second-order valence-corrected chi connectivity index (χ2v) is 10.8. The van der Waals surface area contributed by atoms with Gasteiger partial charge in [-0.15, -0.1) is 10.2 Å². The van der Waals surface area contributed by atoms with Gasteiger partial charge in [0.05, 0.1) is 11.1 Å². The van der Waals surface area contributed by atoms with Crippen LogP contribution in [0.15, 0.2) is 52.3 Å². The number of sulfonamides is 2. The van der Waals surface area contributed by atoms with Crippen LogP contribution in [0, 0.1) is 0 Å². The number of anilines is 1. The monoisotopic (exact) mass is 518 g/mol. The number of tetrazole rings is 1. The van der Waals surface area contributed by atoms with Crippen molar-refractivity contribution >= 4 is 36.8 Å². The number of para-hydroxylation sites is 1. The van der Waals surface area contributed by atoms with E-state index in [0.29, 0.717) is 16.5 Å². The lowest BCUT2D eigenvalue weighted by molar-refractivity contribution is 0.563. The molecule has 16 heteroatoms. The number of hydrogen-bond donors (Lipinski definition) is 6. The maximum atomic E-state index is 13.1. The van der Waals surface area contributed by atoms with E-state index in [4.69, 9.17) is 22.3 Å². The van der Waals surface area contributed by atoms with E-state index in [9.17, 15) is 16.8 Å². The number of nitrogens with one attached hydrogen (secondary N) is 2. The van der Waals surface area contributed by atoms with Gasteiger partial charge in [0.1, 0.15) is 15.6 Å². The molecule has 4 aromatic rings. The fraction of sp³-hybridized carbons (Fsp3) is 0.158. The third-order valence-electron chi connectivity index (χ3n) is 5.13. The lowest BCUT2D eigenvalue weighted by atomic mass is 9.96. The van der Waals surface area contributed by atoms with Gasteiger partial charge in [-0.05, 0) is 29.0 Å². The van der Waals surface area contributed by atoms with E-state index in [0.717, 1.165) is 6.07 Å². The van der Waals surface area contributed by atoms with Gasteiger partial charge in [0.15, 0.2) is 0 Å². The van der Waals surface area contributed by atoms with Gasteiger partial charge in [-0.1, -0.05) is 24.3 Å². The summed E-state index contributed by atoms with van der Waals surface area (Å²) in [4.78, 5) is 3.04. The number of hydrogen-bond acceptors (Lipinski definition) is 11. The number of aromatic amines is 1. The molecule has 35 heavy (non-hydrogen) atoms. The first-order chi connectivity index (χ1) is 16.5. The van der Waals surface area contributed by atoms with Gasteiger partial charge in [-0.3, -0.25) is 0 Å². The van der Waals surface area contributed by atoms with Crippen LogP contribution in [0.25, 0.3) is 33.4 Å². The SMILES string of the molecule is NCC(N)CNS(=O)(=O)c1ccc(-c2cccc3ccc(N)nc23)c(-c2nn[nH]n2)c1S(N)(=O)=O. The van der Waals surface area contributed by atoms with Gasteiger partial charge < -0.3 is 17.2 Å². The van der Waals surface area contributed by atoms with Crippen LogP contribution in [0.1, 0.15) is 0 Å². The number of pyridine rings is 1. The molecule has 0 aliphatic heterocycles. The smallest absolute Gasteiger partial charge is 0.241 e.